The van der Waals surface area contributed by atoms with Gasteiger partial charge in [-0.25, -0.2) is 4.79 Å². The van der Waals surface area contributed by atoms with E-state index >= 15 is 0 Å². The van der Waals surface area contributed by atoms with Crippen LogP contribution in [0.15, 0.2) is 30.3 Å². The fourth-order valence-corrected chi connectivity index (χ4v) is 2.57. The minimum absolute atomic E-state index is 0.103. The van der Waals surface area contributed by atoms with Crippen molar-refractivity contribution in [3.05, 3.63) is 58.1 Å². The molecular formula is C17H14O4. The molecule has 106 valence electrons. The second-order valence-electron chi connectivity index (χ2n) is 5.20. The van der Waals surface area contributed by atoms with Crippen molar-refractivity contribution < 1.29 is 19.4 Å². The number of aliphatic carboxylic acids is 1. The molecule has 4 nitrogen and oxygen atoms in total. The number of ether oxygens (including phenoxy) is 1. The van der Waals surface area contributed by atoms with Crippen molar-refractivity contribution in [3.63, 3.8) is 0 Å². The van der Waals surface area contributed by atoms with Crippen LogP contribution in [0.4, 0.5) is 0 Å². The highest BCUT2D eigenvalue weighted by molar-refractivity contribution is 6.40. The average molecular weight is 282 g/mol. The minimum Gasteiger partial charge on any atom is -0.475 e. The monoisotopic (exact) mass is 282 g/mol. The first-order chi connectivity index (χ1) is 9.99. The van der Waals surface area contributed by atoms with Crippen molar-refractivity contribution in [2.75, 3.05) is 0 Å². The number of fused-ring (bicyclic) bond motifs is 2. The van der Waals surface area contributed by atoms with E-state index in [1.807, 2.05) is 32.0 Å². The second-order valence-corrected chi connectivity index (χ2v) is 5.20. The Bertz CT molecular complexity index is 775. The standard InChI is InChI=1S/C17H14O4/c1-9-6-7-12-8-11-4-3-5-13(14(18)17(19)20)16(11)21-15(12)10(9)2/h3-7H,8H2,1-2H3,(H,19,20). The number of aryl methyl sites for hydroxylation is 1. The molecule has 1 heterocycles. The molecule has 0 saturated heterocycles. The lowest BCUT2D eigenvalue weighted by atomic mass is 9.93. The molecule has 21 heavy (non-hydrogen) atoms. The van der Waals surface area contributed by atoms with Crippen LogP contribution in [0.1, 0.15) is 32.6 Å². The molecule has 0 unspecified atom stereocenters. The lowest BCUT2D eigenvalue weighted by Gasteiger charge is -2.24. The van der Waals surface area contributed by atoms with Crippen LogP contribution < -0.4 is 4.74 Å². The third-order valence-corrected chi connectivity index (χ3v) is 3.88. The molecule has 1 aliphatic rings. The van der Waals surface area contributed by atoms with Gasteiger partial charge in [0.1, 0.15) is 11.5 Å². The number of carboxylic acids is 1. The number of para-hydroxylation sites is 1. The molecule has 0 amide bonds. The number of hydrogen-bond donors (Lipinski definition) is 1. The van der Waals surface area contributed by atoms with Crippen LogP contribution in [0.25, 0.3) is 0 Å². The molecule has 0 aromatic heterocycles. The molecule has 0 radical (unpaired) electrons. The van der Waals surface area contributed by atoms with Gasteiger partial charge in [0, 0.05) is 12.0 Å². The predicted molar refractivity (Wildman–Crippen MR) is 77.2 cm³/mol. The summed E-state index contributed by atoms with van der Waals surface area (Å²) in [5, 5.41) is 8.93. The van der Waals surface area contributed by atoms with Crippen LogP contribution in [0, 0.1) is 13.8 Å². The lowest BCUT2D eigenvalue weighted by Crippen LogP contribution is -2.16. The summed E-state index contributed by atoms with van der Waals surface area (Å²) in [6.07, 6.45) is 0.631. The zero-order chi connectivity index (χ0) is 15.1. The van der Waals surface area contributed by atoms with Crippen molar-refractivity contribution in [1.82, 2.24) is 0 Å². The summed E-state index contributed by atoms with van der Waals surface area (Å²) < 4.78 is 5.91. The summed E-state index contributed by atoms with van der Waals surface area (Å²) in [6.45, 7) is 3.95. The van der Waals surface area contributed by atoms with Gasteiger partial charge in [-0.3, -0.25) is 4.79 Å². The van der Waals surface area contributed by atoms with Gasteiger partial charge in [-0.05, 0) is 36.6 Å². The van der Waals surface area contributed by atoms with E-state index in [-0.39, 0.29) is 5.56 Å². The van der Waals surface area contributed by atoms with Crippen molar-refractivity contribution in [3.8, 4) is 11.5 Å². The highest BCUT2D eigenvalue weighted by Crippen LogP contribution is 2.41. The molecule has 0 fully saturated rings. The average Bonchev–Trinajstić information content (AvgIpc) is 2.48. The summed E-state index contributed by atoms with van der Waals surface area (Å²) in [7, 11) is 0. The number of carboxylic acid groups (broad SMARTS) is 1. The van der Waals surface area contributed by atoms with Crippen molar-refractivity contribution in [2.24, 2.45) is 0 Å². The molecule has 3 rings (SSSR count). The summed E-state index contributed by atoms with van der Waals surface area (Å²) >= 11 is 0. The van der Waals surface area contributed by atoms with Crippen molar-refractivity contribution in [2.45, 2.75) is 20.3 Å². The summed E-state index contributed by atoms with van der Waals surface area (Å²) in [6, 6.07) is 9.07. The number of rotatable bonds is 2. The quantitative estimate of drug-likeness (QED) is 0.579. The smallest absolute Gasteiger partial charge is 0.377 e. The first kappa shape index (κ1) is 13.4. The van der Waals surface area contributed by atoms with Crippen LogP contribution >= 0.6 is 0 Å². The van der Waals surface area contributed by atoms with E-state index in [0.29, 0.717) is 12.2 Å². The number of ketones is 1. The summed E-state index contributed by atoms with van der Waals surface area (Å²) in [5.74, 6) is -1.32. The van der Waals surface area contributed by atoms with Gasteiger partial charge in [0.15, 0.2) is 0 Å². The Balaban J connectivity index is 2.15. The molecular weight excluding hydrogens is 268 g/mol. The molecule has 0 spiro atoms. The van der Waals surface area contributed by atoms with Crippen LogP contribution in [0.3, 0.4) is 0 Å². The van der Waals surface area contributed by atoms with Gasteiger partial charge in [-0.15, -0.1) is 0 Å². The maximum atomic E-state index is 11.8. The fraction of sp³-hybridized carbons (Fsp3) is 0.176. The van der Waals surface area contributed by atoms with Crippen molar-refractivity contribution >= 4 is 11.8 Å². The number of hydrogen-bond acceptors (Lipinski definition) is 3. The van der Waals surface area contributed by atoms with Gasteiger partial charge in [0.2, 0.25) is 0 Å². The maximum Gasteiger partial charge on any atom is 0.377 e. The Morgan fingerprint density at radius 2 is 1.76 bits per heavy atom. The highest BCUT2D eigenvalue weighted by atomic mass is 16.5. The first-order valence-corrected chi connectivity index (χ1v) is 6.65. The maximum absolute atomic E-state index is 11.8. The zero-order valence-corrected chi connectivity index (χ0v) is 11.8. The molecule has 0 saturated carbocycles. The summed E-state index contributed by atoms with van der Waals surface area (Å²) in [5.41, 5.74) is 4.09. The molecule has 1 aliphatic heterocycles. The predicted octanol–water partition coefficient (Wildman–Crippen LogP) is 3.27. The van der Waals surface area contributed by atoms with Gasteiger partial charge < -0.3 is 9.84 Å². The van der Waals surface area contributed by atoms with Crippen LogP contribution in [0.5, 0.6) is 11.5 Å². The van der Waals surface area contributed by atoms with Gasteiger partial charge in [0.25, 0.3) is 5.78 Å². The third-order valence-electron chi connectivity index (χ3n) is 3.88. The summed E-state index contributed by atoms with van der Waals surface area (Å²) in [4.78, 5) is 22.7. The Kier molecular flexibility index (Phi) is 3.01. The van der Waals surface area contributed by atoms with Gasteiger partial charge in [-0.2, -0.15) is 0 Å². The van der Waals surface area contributed by atoms with E-state index in [2.05, 4.69) is 0 Å². The third kappa shape index (κ3) is 2.09. The second kappa shape index (κ2) is 4.74. The molecule has 2 aromatic carbocycles. The van der Waals surface area contributed by atoms with E-state index in [1.165, 1.54) is 6.07 Å². The number of carbonyl (C=O) groups is 2. The van der Waals surface area contributed by atoms with Gasteiger partial charge >= 0.3 is 5.97 Å². The first-order valence-electron chi connectivity index (χ1n) is 6.65. The van der Waals surface area contributed by atoms with Gasteiger partial charge in [0.05, 0.1) is 5.56 Å². The molecule has 0 aliphatic carbocycles. The van der Waals surface area contributed by atoms with E-state index in [0.717, 1.165) is 28.0 Å². The Morgan fingerprint density at radius 3 is 2.48 bits per heavy atom. The van der Waals surface area contributed by atoms with Crippen LogP contribution in [-0.2, 0) is 11.2 Å². The van der Waals surface area contributed by atoms with Crippen molar-refractivity contribution in [1.29, 1.82) is 0 Å². The molecule has 4 heteroatoms. The SMILES string of the molecule is Cc1ccc2c(c1C)Oc1c(cccc1C(=O)C(=O)O)C2. The fourth-order valence-electron chi connectivity index (χ4n) is 2.57. The highest BCUT2D eigenvalue weighted by Gasteiger charge is 2.26. The largest absolute Gasteiger partial charge is 0.475 e. The van der Waals surface area contributed by atoms with Gasteiger partial charge in [-0.1, -0.05) is 24.3 Å². The number of Topliss-reactive ketones (excluding diaryl/α,β-unsaturated/α-hetero) is 1. The lowest BCUT2D eigenvalue weighted by molar-refractivity contribution is -0.131. The topological polar surface area (TPSA) is 63.6 Å². The van der Waals surface area contributed by atoms with E-state index in [1.54, 1.807) is 6.07 Å². The van der Waals surface area contributed by atoms with Crippen LogP contribution in [-0.4, -0.2) is 16.9 Å². The zero-order valence-electron chi connectivity index (χ0n) is 11.8. The normalized spacial score (nSPS) is 12.1. The molecule has 2 aromatic rings. The van der Waals surface area contributed by atoms with E-state index in [9.17, 15) is 9.59 Å². The Labute approximate surface area is 122 Å². The molecule has 0 atom stereocenters. The molecule has 1 N–H and O–H groups in total. The number of carbonyl (C=O) groups excluding carboxylic acids is 1. The van der Waals surface area contributed by atoms with E-state index < -0.39 is 11.8 Å². The number of benzene rings is 2. The van der Waals surface area contributed by atoms with Crippen LogP contribution in [0.2, 0.25) is 0 Å². The minimum atomic E-state index is -1.47. The molecule has 0 bridgehead atoms. The van der Waals surface area contributed by atoms with E-state index in [4.69, 9.17) is 9.84 Å². The Morgan fingerprint density at radius 1 is 1.05 bits per heavy atom. The Hall–Kier alpha value is -2.62.